The molecule has 0 radical (unpaired) electrons. The monoisotopic (exact) mass is 371 g/mol. The van der Waals surface area contributed by atoms with Gasteiger partial charge in [0.2, 0.25) is 0 Å². The maximum Gasteiger partial charge on any atom is 0.414 e. The number of carbonyl (C=O) groups excluding carboxylic acids is 1. The summed E-state index contributed by atoms with van der Waals surface area (Å²) in [5.74, 6) is -1.32. The number of ether oxygens (including phenoxy) is 2. The molecule has 0 bridgehead atoms. The van der Waals surface area contributed by atoms with Crippen molar-refractivity contribution in [3.8, 4) is 0 Å². The molecule has 0 aromatic carbocycles. The van der Waals surface area contributed by atoms with E-state index in [2.05, 4.69) is 33.9 Å². The largest absolute Gasteiger partial charge is 0.465 e. The van der Waals surface area contributed by atoms with Crippen molar-refractivity contribution in [2.75, 3.05) is 6.61 Å². The lowest BCUT2D eigenvalue weighted by Crippen LogP contribution is -2.56. The van der Waals surface area contributed by atoms with E-state index in [4.69, 9.17) is 13.9 Å². The number of amides is 2. The summed E-state index contributed by atoms with van der Waals surface area (Å²) >= 11 is 0. The fourth-order valence-corrected chi connectivity index (χ4v) is 4.06. The molecule has 7 nitrogen and oxygen atoms in total. The van der Waals surface area contributed by atoms with Gasteiger partial charge in [-0.25, -0.2) is 9.69 Å². The molecule has 2 heterocycles. The molecule has 1 N–H and O–H groups in total. The number of carbonyl (C=O) groups is 2. The average molecular weight is 372 g/mol. The molecule has 25 heavy (non-hydrogen) atoms. The maximum absolute atomic E-state index is 12.0. The van der Waals surface area contributed by atoms with Crippen LogP contribution in [-0.4, -0.2) is 61.0 Å². The summed E-state index contributed by atoms with van der Waals surface area (Å²) in [6, 6.07) is -0.721. The van der Waals surface area contributed by atoms with E-state index in [9.17, 15) is 14.7 Å². The van der Waals surface area contributed by atoms with Crippen molar-refractivity contribution in [2.45, 2.75) is 76.8 Å². The van der Waals surface area contributed by atoms with Crippen LogP contribution >= 0.6 is 0 Å². The number of hydrogen-bond acceptors (Lipinski definition) is 5. The SMILES string of the molecule is CC1(C)OC[C@H](C(O[Si](C)(C)C(C)(C)C)[C@H]2C=CC(=O)N2C(=O)O)O1. The highest BCUT2D eigenvalue weighted by atomic mass is 28.4. The molecule has 2 rings (SSSR count). The minimum Gasteiger partial charge on any atom is -0.465 e. The Bertz CT molecular complexity index is 580. The lowest BCUT2D eigenvalue weighted by molar-refractivity contribution is -0.153. The number of nitrogens with zero attached hydrogens (tertiary/aromatic N) is 1. The lowest BCUT2D eigenvalue weighted by Gasteiger charge is -2.43. The van der Waals surface area contributed by atoms with E-state index in [1.54, 1.807) is 19.9 Å². The standard InChI is InChI=1S/C17H29NO6Si/c1-16(2,3)25(6,7)24-14(12-10-22-17(4,5)23-12)11-8-9-13(19)18(11)15(20)21/h8-9,11-12,14H,10H2,1-7H3,(H,20,21)/t11-,12-,14?/m1/s1. The van der Waals surface area contributed by atoms with Gasteiger partial charge >= 0.3 is 6.09 Å². The molecular formula is C17H29NO6Si. The van der Waals surface area contributed by atoms with Crippen LogP contribution in [0.5, 0.6) is 0 Å². The molecule has 8 heteroatoms. The molecule has 3 atom stereocenters. The average Bonchev–Trinajstić information content (AvgIpc) is 2.97. The fourth-order valence-electron chi connectivity index (χ4n) is 2.73. The molecule has 2 aliphatic heterocycles. The van der Waals surface area contributed by atoms with Gasteiger partial charge in [0.05, 0.1) is 18.8 Å². The van der Waals surface area contributed by atoms with Gasteiger partial charge in [0.25, 0.3) is 5.91 Å². The quantitative estimate of drug-likeness (QED) is 0.765. The molecule has 0 spiro atoms. The van der Waals surface area contributed by atoms with Crippen molar-refractivity contribution in [1.82, 2.24) is 4.90 Å². The lowest BCUT2D eigenvalue weighted by atomic mass is 10.1. The molecule has 0 saturated carbocycles. The van der Waals surface area contributed by atoms with Crippen molar-refractivity contribution in [3.63, 3.8) is 0 Å². The van der Waals surface area contributed by atoms with E-state index in [0.29, 0.717) is 0 Å². The van der Waals surface area contributed by atoms with Crippen LogP contribution in [-0.2, 0) is 18.7 Å². The van der Waals surface area contributed by atoms with Crippen LogP contribution in [0.2, 0.25) is 18.1 Å². The first-order valence-corrected chi connectivity index (χ1v) is 11.4. The van der Waals surface area contributed by atoms with E-state index in [0.717, 1.165) is 4.90 Å². The molecule has 1 unspecified atom stereocenters. The van der Waals surface area contributed by atoms with Gasteiger partial charge in [-0.2, -0.15) is 0 Å². The third-order valence-corrected chi connectivity index (χ3v) is 9.62. The zero-order valence-electron chi connectivity index (χ0n) is 16.0. The van der Waals surface area contributed by atoms with Gasteiger partial charge in [-0.1, -0.05) is 26.8 Å². The predicted molar refractivity (Wildman–Crippen MR) is 94.8 cm³/mol. The van der Waals surface area contributed by atoms with Gasteiger partial charge < -0.3 is 19.0 Å². The fraction of sp³-hybridized carbons (Fsp3) is 0.765. The van der Waals surface area contributed by atoms with E-state index in [-0.39, 0.29) is 11.6 Å². The van der Waals surface area contributed by atoms with Gasteiger partial charge in [-0.15, -0.1) is 0 Å². The van der Waals surface area contributed by atoms with Gasteiger partial charge in [-0.05, 0) is 32.0 Å². The van der Waals surface area contributed by atoms with Crippen LogP contribution in [0, 0.1) is 0 Å². The Balaban J connectivity index is 2.35. The maximum atomic E-state index is 12.0. The Morgan fingerprint density at radius 1 is 1.44 bits per heavy atom. The normalized spacial score (nSPS) is 27.8. The first-order chi connectivity index (χ1) is 11.3. The van der Waals surface area contributed by atoms with E-state index in [1.807, 2.05) is 0 Å². The molecule has 0 aromatic rings. The van der Waals surface area contributed by atoms with Crippen LogP contribution < -0.4 is 0 Å². The minimum atomic E-state index is -2.24. The predicted octanol–water partition coefficient (Wildman–Crippen LogP) is 2.97. The summed E-state index contributed by atoms with van der Waals surface area (Å²) in [5, 5.41) is 9.39. The van der Waals surface area contributed by atoms with Crippen molar-refractivity contribution >= 4 is 20.3 Å². The zero-order chi connectivity index (χ0) is 19.2. The van der Waals surface area contributed by atoms with Crippen molar-refractivity contribution in [2.24, 2.45) is 0 Å². The summed E-state index contributed by atoms with van der Waals surface area (Å²) in [6.07, 6.45) is 0.514. The minimum absolute atomic E-state index is 0.0688. The molecule has 0 aromatic heterocycles. The first-order valence-electron chi connectivity index (χ1n) is 8.49. The van der Waals surface area contributed by atoms with Gasteiger partial charge in [-0.3, -0.25) is 4.79 Å². The first kappa shape index (κ1) is 20.1. The number of hydrogen-bond donors (Lipinski definition) is 1. The second kappa shape index (κ2) is 6.50. The summed E-state index contributed by atoms with van der Waals surface area (Å²) in [5.41, 5.74) is 0. The van der Waals surface area contributed by atoms with Gasteiger partial charge in [0.1, 0.15) is 6.10 Å². The second-order valence-electron chi connectivity index (χ2n) is 8.55. The van der Waals surface area contributed by atoms with Crippen LogP contribution in [0.3, 0.4) is 0 Å². The smallest absolute Gasteiger partial charge is 0.414 e. The van der Waals surface area contributed by atoms with Gasteiger partial charge in [0.15, 0.2) is 14.1 Å². The highest BCUT2D eigenvalue weighted by Gasteiger charge is 2.50. The van der Waals surface area contributed by atoms with E-state index >= 15 is 0 Å². The third kappa shape index (κ3) is 4.13. The van der Waals surface area contributed by atoms with Crippen LogP contribution in [0.4, 0.5) is 4.79 Å². The Morgan fingerprint density at radius 3 is 2.48 bits per heavy atom. The van der Waals surface area contributed by atoms with Crippen LogP contribution in [0.25, 0.3) is 0 Å². The zero-order valence-corrected chi connectivity index (χ0v) is 17.0. The topological polar surface area (TPSA) is 85.3 Å². The Morgan fingerprint density at radius 2 is 2.04 bits per heavy atom. The van der Waals surface area contributed by atoms with E-state index in [1.165, 1.54) is 6.08 Å². The Hall–Kier alpha value is -1.22. The molecule has 1 fully saturated rings. The Labute approximate surface area is 150 Å². The van der Waals surface area contributed by atoms with Gasteiger partial charge in [0, 0.05) is 6.08 Å². The second-order valence-corrected chi connectivity index (χ2v) is 13.3. The van der Waals surface area contributed by atoms with E-state index < -0.39 is 44.4 Å². The summed E-state index contributed by atoms with van der Waals surface area (Å²) in [4.78, 5) is 24.4. The van der Waals surface area contributed by atoms with Crippen LogP contribution in [0.15, 0.2) is 12.2 Å². The highest BCUT2D eigenvalue weighted by molar-refractivity contribution is 6.74. The molecular weight excluding hydrogens is 342 g/mol. The molecule has 0 aliphatic carbocycles. The molecule has 2 aliphatic rings. The number of imide groups is 1. The molecule has 2 amide bonds. The van der Waals surface area contributed by atoms with Crippen molar-refractivity contribution in [3.05, 3.63) is 12.2 Å². The molecule has 142 valence electrons. The van der Waals surface area contributed by atoms with Crippen LogP contribution in [0.1, 0.15) is 34.6 Å². The summed E-state index contributed by atoms with van der Waals surface area (Å²) < 4.78 is 18.1. The summed E-state index contributed by atoms with van der Waals surface area (Å²) in [7, 11) is -2.24. The highest BCUT2D eigenvalue weighted by Crippen LogP contribution is 2.40. The molecule has 1 saturated heterocycles. The number of carboxylic acid groups (broad SMARTS) is 1. The summed E-state index contributed by atoms with van der Waals surface area (Å²) in [6.45, 7) is 14.4. The third-order valence-electron chi connectivity index (χ3n) is 5.15. The van der Waals surface area contributed by atoms with Crippen molar-refractivity contribution in [1.29, 1.82) is 0 Å². The Kier molecular flexibility index (Phi) is 5.22. The van der Waals surface area contributed by atoms with Crippen molar-refractivity contribution < 1.29 is 28.6 Å². The number of rotatable bonds is 4.